The monoisotopic (exact) mass is 332 g/mol. The first-order valence-corrected chi connectivity index (χ1v) is 7.67. The molecule has 3 aromatic rings. The van der Waals surface area contributed by atoms with Gasteiger partial charge < -0.3 is 10.1 Å². The number of fused-ring (bicyclic) bond motifs is 1. The number of methoxy groups -OCH3 is 1. The van der Waals surface area contributed by atoms with Gasteiger partial charge in [0.1, 0.15) is 0 Å². The summed E-state index contributed by atoms with van der Waals surface area (Å²) < 4.78 is 4.65. The Bertz CT molecular complexity index is 941. The summed E-state index contributed by atoms with van der Waals surface area (Å²) in [5.41, 5.74) is 2.01. The number of anilines is 1. The normalized spacial score (nSPS) is 10.8. The third kappa shape index (κ3) is 3.90. The SMILES string of the molecule is COC(=O)c1ccc(/C=C/C(=O)Nc2cccc3cnccc23)cc1. The summed E-state index contributed by atoms with van der Waals surface area (Å²) in [5.74, 6) is -0.625. The Balaban J connectivity index is 1.71. The molecule has 1 amide bonds. The number of nitrogens with zero attached hydrogens (tertiary/aromatic N) is 1. The topological polar surface area (TPSA) is 68.3 Å². The van der Waals surface area contributed by atoms with Gasteiger partial charge in [0, 0.05) is 34.9 Å². The summed E-state index contributed by atoms with van der Waals surface area (Å²) in [5, 5.41) is 4.76. The van der Waals surface area contributed by atoms with Crippen LogP contribution in [0.25, 0.3) is 16.8 Å². The van der Waals surface area contributed by atoms with Gasteiger partial charge in [0.15, 0.2) is 0 Å². The Morgan fingerprint density at radius 1 is 1.08 bits per heavy atom. The van der Waals surface area contributed by atoms with Crippen molar-refractivity contribution >= 4 is 34.4 Å². The minimum atomic E-state index is -0.390. The summed E-state index contributed by atoms with van der Waals surface area (Å²) in [7, 11) is 1.34. The second-order valence-electron chi connectivity index (χ2n) is 5.34. The average Bonchev–Trinajstić information content (AvgIpc) is 2.66. The fraction of sp³-hybridized carbons (Fsp3) is 0.0500. The molecule has 0 atom stereocenters. The number of rotatable bonds is 4. The molecule has 124 valence electrons. The molecule has 0 unspecified atom stereocenters. The zero-order valence-corrected chi connectivity index (χ0v) is 13.6. The lowest BCUT2D eigenvalue weighted by Crippen LogP contribution is -2.08. The third-order valence-electron chi connectivity index (χ3n) is 3.70. The molecule has 0 fully saturated rings. The van der Waals surface area contributed by atoms with Crippen molar-refractivity contribution in [2.45, 2.75) is 0 Å². The number of carbonyl (C=O) groups excluding carboxylic acids is 2. The number of benzene rings is 2. The molecule has 0 spiro atoms. The van der Waals surface area contributed by atoms with E-state index in [2.05, 4.69) is 15.0 Å². The Morgan fingerprint density at radius 2 is 1.88 bits per heavy atom. The van der Waals surface area contributed by atoms with Gasteiger partial charge in [0.2, 0.25) is 5.91 Å². The number of hydrogen-bond acceptors (Lipinski definition) is 4. The van der Waals surface area contributed by atoms with Crippen LogP contribution >= 0.6 is 0 Å². The molecule has 2 aromatic carbocycles. The number of aromatic nitrogens is 1. The quantitative estimate of drug-likeness (QED) is 0.584. The standard InChI is InChI=1S/C20H16N2O3/c1-25-20(24)15-8-5-14(6-9-15)7-10-19(23)22-18-4-2-3-16-13-21-12-11-17(16)18/h2-13H,1H3,(H,22,23)/b10-7+. The molecule has 1 aromatic heterocycles. The van der Waals surface area contributed by atoms with Crippen LogP contribution in [0.5, 0.6) is 0 Å². The third-order valence-corrected chi connectivity index (χ3v) is 3.70. The fourth-order valence-electron chi connectivity index (χ4n) is 2.43. The van der Waals surface area contributed by atoms with Crippen LogP contribution in [0.3, 0.4) is 0 Å². The van der Waals surface area contributed by atoms with Gasteiger partial charge in [-0.25, -0.2) is 4.79 Å². The molecule has 0 saturated carbocycles. The first-order chi connectivity index (χ1) is 12.2. The predicted octanol–water partition coefficient (Wildman–Crippen LogP) is 3.67. The maximum absolute atomic E-state index is 12.2. The first-order valence-electron chi connectivity index (χ1n) is 7.67. The van der Waals surface area contributed by atoms with E-state index in [0.717, 1.165) is 22.0 Å². The van der Waals surface area contributed by atoms with Gasteiger partial charge in [-0.15, -0.1) is 0 Å². The number of carbonyl (C=O) groups is 2. The molecule has 5 nitrogen and oxygen atoms in total. The summed E-state index contributed by atoms with van der Waals surface area (Å²) >= 11 is 0. The highest BCUT2D eigenvalue weighted by Gasteiger charge is 2.05. The van der Waals surface area contributed by atoms with Crippen molar-refractivity contribution in [1.82, 2.24) is 4.98 Å². The smallest absolute Gasteiger partial charge is 0.337 e. The number of esters is 1. The Morgan fingerprint density at radius 3 is 2.64 bits per heavy atom. The van der Waals surface area contributed by atoms with Crippen LogP contribution in [-0.4, -0.2) is 24.0 Å². The molecule has 0 radical (unpaired) electrons. The van der Waals surface area contributed by atoms with Crippen LogP contribution in [-0.2, 0) is 9.53 Å². The molecule has 0 aliphatic heterocycles. The summed E-state index contributed by atoms with van der Waals surface area (Å²) in [6.45, 7) is 0. The van der Waals surface area contributed by atoms with Crippen molar-refractivity contribution in [3.63, 3.8) is 0 Å². The molecule has 0 saturated heterocycles. The van der Waals surface area contributed by atoms with Crippen LogP contribution in [0.4, 0.5) is 5.69 Å². The Kier molecular flexibility index (Phi) is 4.85. The summed E-state index contributed by atoms with van der Waals surface area (Å²) in [6, 6.07) is 14.3. The van der Waals surface area contributed by atoms with Crippen molar-refractivity contribution in [2.24, 2.45) is 0 Å². The Labute approximate surface area is 145 Å². The van der Waals surface area contributed by atoms with Crippen LogP contribution in [0.15, 0.2) is 67.0 Å². The van der Waals surface area contributed by atoms with Crippen molar-refractivity contribution < 1.29 is 14.3 Å². The van der Waals surface area contributed by atoms with E-state index >= 15 is 0 Å². The Hall–Kier alpha value is -3.47. The highest BCUT2D eigenvalue weighted by Crippen LogP contribution is 2.22. The van der Waals surface area contributed by atoms with Crippen molar-refractivity contribution in [2.75, 3.05) is 12.4 Å². The van der Waals surface area contributed by atoms with Crippen molar-refractivity contribution in [3.8, 4) is 0 Å². The molecule has 1 N–H and O–H groups in total. The number of ether oxygens (including phenoxy) is 1. The van der Waals surface area contributed by atoms with Crippen LogP contribution in [0.2, 0.25) is 0 Å². The van der Waals surface area contributed by atoms with E-state index in [1.807, 2.05) is 24.3 Å². The van der Waals surface area contributed by atoms with Crippen LogP contribution in [0, 0.1) is 0 Å². The maximum atomic E-state index is 12.2. The molecular formula is C20H16N2O3. The van der Waals surface area contributed by atoms with E-state index in [9.17, 15) is 9.59 Å². The molecule has 25 heavy (non-hydrogen) atoms. The lowest BCUT2D eigenvalue weighted by atomic mass is 10.1. The number of pyridine rings is 1. The van der Waals surface area contributed by atoms with Gasteiger partial charge in [-0.3, -0.25) is 9.78 Å². The molecule has 1 heterocycles. The highest BCUT2D eigenvalue weighted by molar-refractivity contribution is 6.07. The number of hydrogen-bond donors (Lipinski definition) is 1. The van der Waals surface area contributed by atoms with E-state index in [1.54, 1.807) is 42.7 Å². The van der Waals surface area contributed by atoms with E-state index in [-0.39, 0.29) is 5.91 Å². The number of nitrogens with one attached hydrogen (secondary N) is 1. The number of amides is 1. The second kappa shape index (κ2) is 7.40. The zero-order chi connectivity index (χ0) is 17.6. The molecule has 0 bridgehead atoms. The maximum Gasteiger partial charge on any atom is 0.337 e. The largest absolute Gasteiger partial charge is 0.465 e. The lowest BCUT2D eigenvalue weighted by Gasteiger charge is -2.06. The average molecular weight is 332 g/mol. The second-order valence-corrected chi connectivity index (χ2v) is 5.34. The van der Waals surface area contributed by atoms with E-state index in [0.29, 0.717) is 5.56 Å². The lowest BCUT2D eigenvalue weighted by molar-refractivity contribution is -0.111. The molecule has 0 aliphatic carbocycles. The van der Waals surface area contributed by atoms with Crippen molar-refractivity contribution in [1.29, 1.82) is 0 Å². The van der Waals surface area contributed by atoms with Gasteiger partial charge in [-0.05, 0) is 35.9 Å². The molecular weight excluding hydrogens is 316 g/mol. The van der Waals surface area contributed by atoms with Crippen LogP contribution in [0.1, 0.15) is 15.9 Å². The molecule has 5 heteroatoms. The fourth-order valence-corrected chi connectivity index (χ4v) is 2.43. The predicted molar refractivity (Wildman–Crippen MR) is 97.2 cm³/mol. The molecule has 0 aliphatic rings. The summed E-state index contributed by atoms with van der Waals surface area (Å²) in [4.78, 5) is 27.6. The summed E-state index contributed by atoms with van der Waals surface area (Å²) in [6.07, 6.45) is 6.58. The van der Waals surface area contributed by atoms with E-state index < -0.39 is 5.97 Å². The minimum Gasteiger partial charge on any atom is -0.465 e. The van der Waals surface area contributed by atoms with Gasteiger partial charge in [-0.2, -0.15) is 0 Å². The van der Waals surface area contributed by atoms with Gasteiger partial charge in [-0.1, -0.05) is 24.3 Å². The van der Waals surface area contributed by atoms with Gasteiger partial charge in [0.25, 0.3) is 0 Å². The van der Waals surface area contributed by atoms with E-state index in [1.165, 1.54) is 13.2 Å². The molecule has 3 rings (SSSR count). The first kappa shape index (κ1) is 16.4. The van der Waals surface area contributed by atoms with Crippen LogP contribution < -0.4 is 5.32 Å². The minimum absolute atomic E-state index is 0.235. The van der Waals surface area contributed by atoms with Gasteiger partial charge >= 0.3 is 5.97 Å². The highest BCUT2D eigenvalue weighted by atomic mass is 16.5. The van der Waals surface area contributed by atoms with Gasteiger partial charge in [0.05, 0.1) is 12.7 Å². The van der Waals surface area contributed by atoms with Crippen molar-refractivity contribution in [3.05, 3.63) is 78.1 Å². The van der Waals surface area contributed by atoms with E-state index in [4.69, 9.17) is 0 Å². The zero-order valence-electron chi connectivity index (χ0n) is 13.6.